The molecule has 3 aliphatic rings. The van der Waals surface area contributed by atoms with Crippen molar-refractivity contribution in [3.05, 3.63) is 29.3 Å². The van der Waals surface area contributed by atoms with Gasteiger partial charge in [-0.05, 0) is 17.9 Å². The second-order valence-electron chi connectivity index (χ2n) is 9.88. The minimum Gasteiger partial charge on any atom is -0.465 e. The minimum absolute atomic E-state index is 0.189. The number of methoxy groups -OCH3 is 1. The van der Waals surface area contributed by atoms with Crippen molar-refractivity contribution in [2.45, 2.75) is 51.3 Å². The molecular formula is C23H26F2N4O4S. The highest BCUT2D eigenvalue weighted by molar-refractivity contribution is 7.13. The summed E-state index contributed by atoms with van der Waals surface area (Å²) in [5.41, 5.74) is 0.652. The first-order valence-electron chi connectivity index (χ1n) is 11.0. The lowest BCUT2D eigenvalue weighted by Gasteiger charge is -2.67. The second-order valence-corrected chi connectivity index (χ2v) is 10.8. The van der Waals surface area contributed by atoms with Crippen molar-refractivity contribution < 1.29 is 27.8 Å². The maximum Gasteiger partial charge on any atom is 0.408 e. The molecule has 34 heavy (non-hydrogen) atoms. The Hall–Kier alpha value is -2.79. The number of aromatic nitrogens is 2. The number of hydrogen-bond donors (Lipinski definition) is 1. The van der Waals surface area contributed by atoms with Gasteiger partial charge in [-0.25, -0.2) is 18.6 Å². The van der Waals surface area contributed by atoms with Gasteiger partial charge >= 0.3 is 6.09 Å². The maximum absolute atomic E-state index is 13.7. The normalized spacial score (nSPS) is 23.4. The Kier molecular flexibility index (Phi) is 5.32. The molecular weight excluding hydrogens is 466 g/mol. The van der Waals surface area contributed by atoms with Crippen molar-refractivity contribution in [2.75, 3.05) is 25.1 Å². The van der Waals surface area contributed by atoms with Crippen molar-refractivity contribution >= 4 is 34.5 Å². The van der Waals surface area contributed by atoms with Crippen LogP contribution in [0, 0.1) is 5.41 Å². The third-order valence-electron chi connectivity index (χ3n) is 7.17. The number of fused-ring (bicyclic) bond motifs is 3. The molecule has 3 aliphatic heterocycles. The number of carbonyl (C=O) groups is 1. The molecule has 3 unspecified atom stereocenters. The number of hydrogen-bond acceptors (Lipinski definition) is 7. The van der Waals surface area contributed by atoms with Crippen molar-refractivity contribution in [1.82, 2.24) is 14.9 Å². The number of anilines is 1. The highest BCUT2D eigenvalue weighted by Gasteiger charge is 2.64. The average molecular weight is 493 g/mol. The van der Waals surface area contributed by atoms with Gasteiger partial charge in [0.05, 0.1) is 17.1 Å². The minimum atomic E-state index is -2.74. The molecule has 0 radical (unpaired) electrons. The second kappa shape index (κ2) is 7.88. The van der Waals surface area contributed by atoms with Crippen LogP contribution in [0.2, 0.25) is 0 Å². The van der Waals surface area contributed by atoms with Crippen LogP contribution in [0.15, 0.2) is 28.1 Å². The summed E-state index contributed by atoms with van der Waals surface area (Å²) in [6.45, 7) is 6.90. The van der Waals surface area contributed by atoms with E-state index < -0.39 is 24.2 Å². The summed E-state index contributed by atoms with van der Waals surface area (Å²) in [5, 5.41) is 12.4. The van der Waals surface area contributed by atoms with Crippen LogP contribution in [0.1, 0.15) is 38.9 Å². The van der Waals surface area contributed by atoms with E-state index >= 15 is 0 Å². The van der Waals surface area contributed by atoms with Crippen LogP contribution in [-0.2, 0) is 4.74 Å². The number of halogens is 2. The van der Waals surface area contributed by atoms with E-state index in [0.717, 1.165) is 6.42 Å². The fourth-order valence-electron chi connectivity index (χ4n) is 5.40. The predicted molar refractivity (Wildman–Crippen MR) is 124 cm³/mol. The van der Waals surface area contributed by atoms with Gasteiger partial charge in [-0.3, -0.25) is 4.90 Å². The number of amides is 1. The lowest BCUT2D eigenvalue weighted by atomic mass is 9.60. The maximum atomic E-state index is 13.7. The fraction of sp³-hybridized carbons (Fsp3) is 0.522. The zero-order chi connectivity index (χ0) is 24.4. The molecule has 182 valence electrons. The first-order valence-corrected chi connectivity index (χ1v) is 11.9. The lowest BCUT2D eigenvalue weighted by Crippen LogP contribution is -2.82. The van der Waals surface area contributed by atoms with E-state index in [0.29, 0.717) is 34.8 Å². The average Bonchev–Trinajstić information content (AvgIpc) is 3.43. The topological polar surface area (TPSA) is 91.9 Å². The monoisotopic (exact) mass is 492 g/mol. The lowest BCUT2D eigenvalue weighted by molar-refractivity contribution is -0.125. The standard InChI is InChI=1S/C23H26F2N4O4S/c1-22(2,3)23-9-12(29(23)21(30)31)10-28(11-23)20-27-15-13(17(32-4)18(24)25)5-6-14(16(15)33-20)19-26-7-8-34-19/h5-8,12,17-18H,9-11H2,1-4H3,(H,30,31). The van der Waals surface area contributed by atoms with Crippen LogP contribution in [0.25, 0.3) is 21.7 Å². The Morgan fingerprint density at radius 3 is 2.74 bits per heavy atom. The zero-order valence-electron chi connectivity index (χ0n) is 19.3. The third-order valence-corrected chi connectivity index (χ3v) is 7.98. The van der Waals surface area contributed by atoms with E-state index in [9.17, 15) is 18.7 Å². The molecule has 0 saturated carbocycles. The van der Waals surface area contributed by atoms with Gasteiger partial charge in [0.15, 0.2) is 5.58 Å². The summed E-state index contributed by atoms with van der Waals surface area (Å²) < 4.78 is 38.8. The first-order chi connectivity index (χ1) is 16.1. The smallest absolute Gasteiger partial charge is 0.408 e. The molecule has 11 heteroatoms. The van der Waals surface area contributed by atoms with Crippen molar-refractivity contribution in [3.63, 3.8) is 0 Å². The number of carboxylic acid groups (broad SMARTS) is 1. The van der Waals surface area contributed by atoms with Crippen LogP contribution in [0.3, 0.4) is 0 Å². The van der Waals surface area contributed by atoms with Gasteiger partial charge in [-0.2, -0.15) is 4.98 Å². The van der Waals surface area contributed by atoms with Gasteiger partial charge < -0.3 is 19.2 Å². The molecule has 3 atom stereocenters. The molecule has 6 rings (SSSR count). The summed E-state index contributed by atoms with van der Waals surface area (Å²) in [5.74, 6) is 0. The third kappa shape index (κ3) is 3.28. The number of ether oxygens (including phenoxy) is 1. The SMILES string of the molecule is COC(c1ccc(-c2nccs2)c2oc(N3CC4CC(C(C)(C)C)(C3)N4C(=O)O)nc12)C(F)F. The number of oxazole rings is 1. The highest BCUT2D eigenvalue weighted by Crippen LogP contribution is 2.53. The van der Waals surface area contributed by atoms with Gasteiger partial charge in [-0.1, -0.05) is 26.8 Å². The number of thiazole rings is 1. The predicted octanol–water partition coefficient (Wildman–Crippen LogP) is 5.26. The molecule has 0 aliphatic carbocycles. The van der Waals surface area contributed by atoms with E-state index in [1.54, 1.807) is 23.2 Å². The van der Waals surface area contributed by atoms with Crippen LogP contribution in [-0.4, -0.2) is 64.3 Å². The molecule has 0 spiro atoms. The molecule has 1 amide bonds. The van der Waals surface area contributed by atoms with Gasteiger partial charge in [-0.15, -0.1) is 11.3 Å². The molecule has 8 nitrogen and oxygen atoms in total. The summed E-state index contributed by atoms with van der Waals surface area (Å²) in [6.07, 6.45) is -2.71. The quantitative estimate of drug-likeness (QED) is 0.519. The Balaban J connectivity index is 1.61. The van der Waals surface area contributed by atoms with E-state index in [1.807, 2.05) is 31.1 Å². The first kappa shape index (κ1) is 23.0. The number of rotatable bonds is 5. The largest absolute Gasteiger partial charge is 0.465 e. The van der Waals surface area contributed by atoms with Crippen molar-refractivity contribution in [1.29, 1.82) is 0 Å². The molecule has 3 aromatic rings. The van der Waals surface area contributed by atoms with Crippen LogP contribution >= 0.6 is 11.3 Å². The summed E-state index contributed by atoms with van der Waals surface area (Å²) in [4.78, 5) is 24.5. The van der Waals surface area contributed by atoms with Crippen LogP contribution in [0.4, 0.5) is 19.6 Å². The van der Waals surface area contributed by atoms with Gasteiger partial charge in [0, 0.05) is 37.3 Å². The van der Waals surface area contributed by atoms with Crippen LogP contribution in [0.5, 0.6) is 0 Å². The Morgan fingerprint density at radius 2 is 2.15 bits per heavy atom. The molecule has 2 aromatic heterocycles. The van der Waals surface area contributed by atoms with Gasteiger partial charge in [0.25, 0.3) is 12.4 Å². The number of alkyl halides is 2. The zero-order valence-corrected chi connectivity index (χ0v) is 20.1. The molecule has 3 fully saturated rings. The molecule has 1 aromatic carbocycles. The van der Waals surface area contributed by atoms with E-state index in [1.165, 1.54) is 18.4 Å². The van der Waals surface area contributed by atoms with E-state index in [2.05, 4.69) is 9.97 Å². The number of piperazine rings is 1. The van der Waals surface area contributed by atoms with Gasteiger partial charge in [0.2, 0.25) is 0 Å². The Morgan fingerprint density at radius 1 is 1.38 bits per heavy atom. The molecule has 2 bridgehead atoms. The van der Waals surface area contributed by atoms with E-state index in [-0.39, 0.29) is 23.0 Å². The molecule has 3 saturated heterocycles. The summed E-state index contributed by atoms with van der Waals surface area (Å²) in [7, 11) is 1.24. The Labute approximate surface area is 199 Å². The summed E-state index contributed by atoms with van der Waals surface area (Å²) in [6, 6.07) is 3.39. The van der Waals surface area contributed by atoms with Crippen molar-refractivity contribution in [2.24, 2.45) is 5.41 Å². The number of piperidine rings is 1. The highest BCUT2D eigenvalue weighted by atomic mass is 32.1. The number of benzene rings is 1. The van der Waals surface area contributed by atoms with Crippen LogP contribution < -0.4 is 4.90 Å². The number of nitrogens with zero attached hydrogens (tertiary/aromatic N) is 4. The Bertz CT molecular complexity index is 1230. The van der Waals surface area contributed by atoms with Gasteiger partial charge in [0.1, 0.15) is 16.6 Å². The molecule has 1 N–H and O–H groups in total. The van der Waals surface area contributed by atoms with Crippen molar-refractivity contribution in [3.8, 4) is 10.6 Å². The summed E-state index contributed by atoms with van der Waals surface area (Å²) >= 11 is 1.41. The van der Waals surface area contributed by atoms with E-state index in [4.69, 9.17) is 9.15 Å². The fourth-order valence-corrected chi connectivity index (χ4v) is 6.06. The molecule has 5 heterocycles.